The van der Waals surface area contributed by atoms with Crippen molar-refractivity contribution >= 4 is 59.2 Å². The van der Waals surface area contributed by atoms with E-state index in [1.807, 2.05) is 0 Å². The van der Waals surface area contributed by atoms with Gasteiger partial charge in [0.15, 0.2) is 5.96 Å². The van der Waals surface area contributed by atoms with Gasteiger partial charge in [-0.1, -0.05) is 27.7 Å². The van der Waals surface area contributed by atoms with Crippen molar-refractivity contribution in [2.24, 2.45) is 29.0 Å². The molecule has 318 valence electrons. The largest absolute Gasteiger partial charge is 0.481 e. The molecular formula is C33H60N12O11. The van der Waals surface area contributed by atoms with Crippen LogP contribution in [-0.2, 0) is 43.2 Å². The lowest BCUT2D eigenvalue weighted by Gasteiger charge is -2.26. The quantitative estimate of drug-likeness (QED) is 0.0201. The Labute approximate surface area is 325 Å². The second-order valence-corrected chi connectivity index (χ2v) is 13.6. The molecule has 23 heteroatoms. The van der Waals surface area contributed by atoms with Gasteiger partial charge in [0, 0.05) is 6.54 Å². The number of carboxylic acid groups (broad SMARTS) is 2. The molecule has 0 aliphatic rings. The van der Waals surface area contributed by atoms with E-state index in [2.05, 4.69) is 42.5 Å². The van der Waals surface area contributed by atoms with Gasteiger partial charge in [0.05, 0.1) is 26.1 Å². The highest BCUT2D eigenvalue weighted by molar-refractivity contribution is 5.97. The van der Waals surface area contributed by atoms with Gasteiger partial charge < -0.3 is 69.9 Å². The standard InChI is InChI=1S/C33H60N12O11/c1-17(2)12-22(32(55)56)42-24(47)15-39-28(51)19(9-7-11-38-33(36)37)43-31(54)27(18(3)4)45-25(48)16-40-29(52)21(13-26(49)50)44-30(53)20(8-5-6-10-34)41-23(46)14-35/h17-22,27H,5-16,34-35H2,1-4H3,(H,39,51)(H,40,52)(H,41,46)(H,42,47)(H,43,54)(H,44,53)(H,45,48)(H,49,50)(H,55,56)(H4,36,37,38)/t19-,20-,21-,22-,27-/m0/s1. The van der Waals surface area contributed by atoms with Crippen molar-refractivity contribution in [1.29, 1.82) is 5.41 Å². The number of nitrogens with one attached hydrogen (secondary N) is 9. The van der Waals surface area contributed by atoms with Crippen LogP contribution < -0.4 is 59.7 Å². The van der Waals surface area contributed by atoms with Crippen molar-refractivity contribution in [2.45, 2.75) is 103 Å². The summed E-state index contributed by atoms with van der Waals surface area (Å²) in [4.78, 5) is 113. The number of carbonyl (C=O) groups is 9. The monoisotopic (exact) mass is 800 g/mol. The zero-order chi connectivity index (χ0) is 43.0. The SMILES string of the molecule is CC(C)C[C@H](NC(=O)CNC(=O)[C@H](CCCNC(=N)N)NC(=O)[C@@H](NC(=O)CNC(=O)[C@H](CC(=O)O)NC(=O)[C@H](CCCCN)NC(=O)CN)C(C)C)C(=O)O. The van der Waals surface area contributed by atoms with Crippen LogP contribution in [-0.4, -0.2) is 132 Å². The third-order valence-electron chi connectivity index (χ3n) is 7.87. The van der Waals surface area contributed by atoms with Gasteiger partial charge in [-0.15, -0.1) is 0 Å². The molecule has 0 fully saturated rings. The summed E-state index contributed by atoms with van der Waals surface area (Å²) in [5.41, 5.74) is 16.1. The first-order chi connectivity index (χ1) is 26.2. The van der Waals surface area contributed by atoms with E-state index in [1.165, 1.54) is 0 Å². The summed E-state index contributed by atoms with van der Waals surface area (Å²) in [6, 6.07) is -6.53. The molecule has 7 amide bonds. The summed E-state index contributed by atoms with van der Waals surface area (Å²) in [5, 5.41) is 45.2. The molecule has 17 N–H and O–H groups in total. The van der Waals surface area contributed by atoms with Gasteiger partial charge in [-0.2, -0.15) is 0 Å². The van der Waals surface area contributed by atoms with Gasteiger partial charge in [0.2, 0.25) is 41.4 Å². The molecule has 0 heterocycles. The number of carbonyl (C=O) groups excluding carboxylic acids is 7. The first-order valence-electron chi connectivity index (χ1n) is 18.2. The average Bonchev–Trinajstić information content (AvgIpc) is 3.11. The maximum atomic E-state index is 13.4. The molecule has 0 aromatic carbocycles. The van der Waals surface area contributed by atoms with Crippen LogP contribution in [0.2, 0.25) is 0 Å². The summed E-state index contributed by atoms with van der Waals surface area (Å²) in [6.07, 6.45) is 0.540. The molecule has 0 bridgehead atoms. The number of rotatable bonds is 28. The summed E-state index contributed by atoms with van der Waals surface area (Å²) in [5.74, 6) is -9.51. The Morgan fingerprint density at radius 3 is 1.62 bits per heavy atom. The van der Waals surface area contributed by atoms with Gasteiger partial charge in [-0.05, 0) is 56.9 Å². The Morgan fingerprint density at radius 1 is 0.607 bits per heavy atom. The third kappa shape index (κ3) is 22.0. The maximum absolute atomic E-state index is 13.4. The van der Waals surface area contributed by atoms with Crippen molar-refractivity contribution in [3.8, 4) is 0 Å². The Balaban J connectivity index is 5.72. The van der Waals surface area contributed by atoms with Crippen LogP contribution in [0.4, 0.5) is 0 Å². The van der Waals surface area contributed by atoms with Crippen molar-refractivity contribution in [3.05, 3.63) is 0 Å². The molecule has 0 rings (SSSR count). The van der Waals surface area contributed by atoms with E-state index in [0.717, 1.165) is 0 Å². The number of hydrogen-bond acceptors (Lipinski definition) is 12. The van der Waals surface area contributed by atoms with Crippen LogP contribution in [0.15, 0.2) is 0 Å². The lowest BCUT2D eigenvalue weighted by molar-refractivity contribution is -0.142. The number of aliphatic carboxylic acids is 2. The second kappa shape index (κ2) is 27.1. The van der Waals surface area contributed by atoms with Gasteiger partial charge in [0.1, 0.15) is 30.2 Å². The van der Waals surface area contributed by atoms with E-state index >= 15 is 0 Å². The Morgan fingerprint density at radius 2 is 1.12 bits per heavy atom. The average molecular weight is 801 g/mol. The highest BCUT2D eigenvalue weighted by atomic mass is 16.4. The third-order valence-corrected chi connectivity index (χ3v) is 7.87. The number of amides is 7. The van der Waals surface area contributed by atoms with E-state index < -0.39 is 115 Å². The van der Waals surface area contributed by atoms with Crippen molar-refractivity contribution in [1.82, 2.24) is 42.5 Å². The van der Waals surface area contributed by atoms with Gasteiger partial charge in [-0.3, -0.25) is 43.8 Å². The smallest absolute Gasteiger partial charge is 0.326 e. The fourth-order valence-electron chi connectivity index (χ4n) is 5.01. The molecule has 0 unspecified atom stereocenters. The molecule has 0 aliphatic carbocycles. The Bertz CT molecular complexity index is 1380. The minimum absolute atomic E-state index is 0.0140. The molecule has 0 radical (unpaired) electrons. The van der Waals surface area contributed by atoms with E-state index in [4.69, 9.17) is 22.6 Å². The van der Waals surface area contributed by atoms with E-state index in [-0.39, 0.29) is 44.1 Å². The lowest BCUT2D eigenvalue weighted by Crippen LogP contribution is -2.58. The minimum Gasteiger partial charge on any atom is -0.481 e. The highest BCUT2D eigenvalue weighted by Crippen LogP contribution is 2.07. The summed E-state index contributed by atoms with van der Waals surface area (Å²) in [6.45, 7) is 5.40. The van der Waals surface area contributed by atoms with Gasteiger partial charge in [-0.25, -0.2) is 4.79 Å². The predicted molar refractivity (Wildman–Crippen MR) is 201 cm³/mol. The van der Waals surface area contributed by atoms with E-state index in [1.54, 1.807) is 27.7 Å². The van der Waals surface area contributed by atoms with Gasteiger partial charge >= 0.3 is 11.9 Å². The normalized spacial score (nSPS) is 13.5. The van der Waals surface area contributed by atoms with E-state index in [0.29, 0.717) is 19.4 Å². The molecule has 0 aliphatic heterocycles. The molecule has 56 heavy (non-hydrogen) atoms. The predicted octanol–water partition coefficient (Wildman–Crippen LogP) is -4.74. The molecule has 0 saturated heterocycles. The Hall–Kier alpha value is -5.58. The number of carboxylic acids is 2. The van der Waals surface area contributed by atoms with Crippen molar-refractivity contribution < 1.29 is 53.4 Å². The van der Waals surface area contributed by atoms with Gasteiger partial charge in [0.25, 0.3) is 0 Å². The maximum Gasteiger partial charge on any atom is 0.326 e. The molecule has 0 spiro atoms. The number of hydrogen-bond donors (Lipinski definition) is 14. The van der Waals surface area contributed by atoms with Crippen molar-refractivity contribution in [3.63, 3.8) is 0 Å². The van der Waals surface area contributed by atoms with Crippen molar-refractivity contribution in [2.75, 3.05) is 32.7 Å². The first kappa shape index (κ1) is 50.4. The summed E-state index contributed by atoms with van der Waals surface area (Å²) < 4.78 is 0. The lowest BCUT2D eigenvalue weighted by atomic mass is 10.0. The summed E-state index contributed by atoms with van der Waals surface area (Å²) >= 11 is 0. The van der Waals surface area contributed by atoms with Crippen LogP contribution in [0.1, 0.15) is 72.6 Å². The molecule has 23 nitrogen and oxygen atoms in total. The molecule has 0 saturated carbocycles. The van der Waals surface area contributed by atoms with Crippen LogP contribution in [0.3, 0.4) is 0 Å². The van der Waals surface area contributed by atoms with Crippen LogP contribution in [0.5, 0.6) is 0 Å². The Kier molecular flexibility index (Phi) is 24.4. The van der Waals surface area contributed by atoms with E-state index in [9.17, 15) is 53.4 Å². The van der Waals surface area contributed by atoms with Crippen LogP contribution in [0.25, 0.3) is 0 Å². The molecule has 0 aromatic heterocycles. The molecular weight excluding hydrogens is 740 g/mol. The van der Waals surface area contributed by atoms with Crippen LogP contribution >= 0.6 is 0 Å². The molecule has 0 aromatic rings. The zero-order valence-corrected chi connectivity index (χ0v) is 32.3. The molecule has 5 atom stereocenters. The second-order valence-electron chi connectivity index (χ2n) is 13.6. The topological polar surface area (TPSA) is 392 Å². The number of guanidine groups is 1. The summed E-state index contributed by atoms with van der Waals surface area (Å²) in [7, 11) is 0. The van der Waals surface area contributed by atoms with Crippen LogP contribution in [0, 0.1) is 17.2 Å². The fourth-order valence-corrected chi connectivity index (χ4v) is 5.01. The fraction of sp³-hybridized carbons (Fsp3) is 0.697. The number of unbranched alkanes of at least 4 members (excludes halogenated alkanes) is 1. The first-order valence-corrected chi connectivity index (χ1v) is 18.2. The number of nitrogens with two attached hydrogens (primary N) is 3. The highest BCUT2D eigenvalue weighted by Gasteiger charge is 2.31. The zero-order valence-electron chi connectivity index (χ0n) is 32.3. The minimum atomic E-state index is -1.66.